The van der Waals surface area contributed by atoms with E-state index in [0.29, 0.717) is 5.30 Å². The molecular formula is C12H17O4P. The zero-order chi connectivity index (χ0) is 12.9. The van der Waals surface area contributed by atoms with Crippen LogP contribution in [0.15, 0.2) is 30.3 Å². The summed E-state index contributed by atoms with van der Waals surface area (Å²) in [6.07, 6.45) is 0. The van der Waals surface area contributed by atoms with Gasteiger partial charge < -0.3 is 9.26 Å². The van der Waals surface area contributed by atoms with E-state index in [1.807, 2.05) is 6.07 Å². The number of carbonyl (C=O) groups excluding carboxylic acids is 1. The van der Waals surface area contributed by atoms with Gasteiger partial charge in [-0.05, 0) is 26.0 Å². The molecule has 0 saturated carbocycles. The quantitative estimate of drug-likeness (QED) is 0.598. The lowest BCUT2D eigenvalue weighted by Crippen LogP contribution is -2.25. The van der Waals surface area contributed by atoms with Gasteiger partial charge in [-0.15, -0.1) is 0 Å². The van der Waals surface area contributed by atoms with Crippen LogP contribution in [0, 0.1) is 0 Å². The van der Waals surface area contributed by atoms with E-state index in [2.05, 4.69) is 4.74 Å². The Hall–Kier alpha value is -1.12. The highest BCUT2D eigenvalue weighted by Gasteiger charge is 2.38. The third kappa shape index (κ3) is 2.96. The third-order valence-electron chi connectivity index (χ3n) is 2.49. The molecule has 1 rings (SSSR count). The first-order valence-electron chi connectivity index (χ1n) is 5.44. The molecule has 0 fully saturated rings. The molecular weight excluding hydrogens is 239 g/mol. The van der Waals surface area contributed by atoms with Gasteiger partial charge in [0.25, 0.3) is 0 Å². The van der Waals surface area contributed by atoms with Crippen molar-refractivity contribution in [2.45, 2.75) is 19.5 Å². The van der Waals surface area contributed by atoms with Gasteiger partial charge in [-0.2, -0.15) is 0 Å². The molecule has 0 aliphatic rings. The lowest BCUT2D eigenvalue weighted by Gasteiger charge is -2.22. The Morgan fingerprint density at radius 2 is 1.94 bits per heavy atom. The molecule has 0 spiro atoms. The van der Waals surface area contributed by atoms with Crippen LogP contribution >= 0.6 is 7.37 Å². The fraction of sp³-hybridized carbons (Fsp3) is 0.417. The average molecular weight is 256 g/mol. The molecule has 0 amide bonds. The Kier molecular flexibility index (Phi) is 4.91. The van der Waals surface area contributed by atoms with E-state index in [-0.39, 0.29) is 6.61 Å². The molecule has 2 atom stereocenters. The van der Waals surface area contributed by atoms with Crippen LogP contribution in [0.1, 0.15) is 13.8 Å². The van der Waals surface area contributed by atoms with Gasteiger partial charge in [0.15, 0.2) is 0 Å². The Bertz CT molecular complexity index is 416. The van der Waals surface area contributed by atoms with Crippen molar-refractivity contribution in [1.82, 2.24) is 0 Å². The van der Waals surface area contributed by atoms with Gasteiger partial charge in [-0.1, -0.05) is 18.2 Å². The molecule has 0 saturated heterocycles. The van der Waals surface area contributed by atoms with E-state index in [4.69, 9.17) is 4.52 Å². The van der Waals surface area contributed by atoms with Crippen LogP contribution < -0.4 is 5.30 Å². The van der Waals surface area contributed by atoms with Crippen molar-refractivity contribution in [2.75, 3.05) is 13.7 Å². The summed E-state index contributed by atoms with van der Waals surface area (Å²) in [7, 11) is -1.93. The van der Waals surface area contributed by atoms with Crippen LogP contribution in [0.5, 0.6) is 0 Å². The van der Waals surface area contributed by atoms with Crippen molar-refractivity contribution < 1.29 is 18.6 Å². The lowest BCUT2D eigenvalue weighted by molar-refractivity contribution is -0.139. The summed E-state index contributed by atoms with van der Waals surface area (Å²) in [5, 5.41) is 0.541. The normalized spacial score (nSPS) is 15.9. The van der Waals surface area contributed by atoms with Crippen LogP contribution in [0.2, 0.25) is 0 Å². The van der Waals surface area contributed by atoms with E-state index in [1.165, 1.54) is 7.11 Å². The molecule has 2 unspecified atom stereocenters. The van der Waals surface area contributed by atoms with Crippen LogP contribution in [0.4, 0.5) is 0 Å². The molecule has 0 aliphatic carbocycles. The van der Waals surface area contributed by atoms with E-state index in [0.717, 1.165) is 0 Å². The maximum absolute atomic E-state index is 12.8. The van der Waals surface area contributed by atoms with Crippen LogP contribution in [-0.2, 0) is 18.6 Å². The summed E-state index contributed by atoms with van der Waals surface area (Å²) < 4.78 is 22.8. The molecule has 0 aromatic heterocycles. The van der Waals surface area contributed by atoms with Crippen molar-refractivity contribution in [2.24, 2.45) is 0 Å². The zero-order valence-corrected chi connectivity index (χ0v) is 11.1. The molecule has 0 bridgehead atoms. The fourth-order valence-electron chi connectivity index (χ4n) is 1.55. The van der Waals surface area contributed by atoms with Gasteiger partial charge in [0, 0.05) is 5.30 Å². The molecule has 1 aromatic rings. The summed E-state index contributed by atoms with van der Waals surface area (Å²) in [4.78, 5) is 11.5. The summed E-state index contributed by atoms with van der Waals surface area (Å²) in [5.74, 6) is -0.523. The number of esters is 1. The van der Waals surface area contributed by atoms with Crippen LogP contribution in [-0.4, -0.2) is 25.3 Å². The van der Waals surface area contributed by atoms with Gasteiger partial charge in [-0.3, -0.25) is 9.36 Å². The minimum absolute atomic E-state index is 0.285. The first kappa shape index (κ1) is 13.9. The maximum Gasteiger partial charge on any atom is 0.318 e. The minimum atomic E-state index is -3.21. The lowest BCUT2D eigenvalue weighted by atomic mass is 10.4. The van der Waals surface area contributed by atoms with Crippen molar-refractivity contribution >= 4 is 18.6 Å². The molecule has 17 heavy (non-hydrogen) atoms. The zero-order valence-electron chi connectivity index (χ0n) is 10.3. The van der Waals surface area contributed by atoms with Gasteiger partial charge in [-0.25, -0.2) is 0 Å². The molecule has 0 radical (unpaired) electrons. The smallest absolute Gasteiger partial charge is 0.318 e. The third-order valence-corrected chi connectivity index (χ3v) is 5.38. The Labute approximate surface area is 101 Å². The van der Waals surface area contributed by atoms with Gasteiger partial charge in [0.05, 0.1) is 13.7 Å². The fourth-order valence-corrected chi connectivity index (χ4v) is 3.72. The van der Waals surface area contributed by atoms with Crippen molar-refractivity contribution in [1.29, 1.82) is 0 Å². The van der Waals surface area contributed by atoms with Crippen molar-refractivity contribution in [3.63, 3.8) is 0 Å². The molecule has 1 aromatic carbocycles. The predicted octanol–water partition coefficient (Wildman–Crippen LogP) is 2.19. The molecule has 4 nitrogen and oxygen atoms in total. The number of hydrogen-bond acceptors (Lipinski definition) is 4. The standard InChI is InChI=1S/C12H17O4P/c1-4-16-17(14,10(2)12(13)15-3)11-8-6-5-7-9-11/h5-10H,4H2,1-3H3. The number of benzene rings is 1. The van der Waals surface area contributed by atoms with E-state index in [9.17, 15) is 9.36 Å². The number of rotatable bonds is 5. The Morgan fingerprint density at radius 1 is 1.35 bits per heavy atom. The highest BCUT2D eigenvalue weighted by atomic mass is 31.2. The van der Waals surface area contributed by atoms with Gasteiger partial charge in [0.2, 0.25) is 7.37 Å². The first-order chi connectivity index (χ1) is 8.06. The topological polar surface area (TPSA) is 52.6 Å². The number of methoxy groups -OCH3 is 1. The van der Waals surface area contributed by atoms with E-state index < -0.39 is 19.0 Å². The molecule has 94 valence electrons. The molecule has 0 N–H and O–H groups in total. The number of ether oxygens (including phenoxy) is 1. The van der Waals surface area contributed by atoms with E-state index in [1.54, 1.807) is 38.1 Å². The first-order valence-corrected chi connectivity index (χ1v) is 7.13. The highest BCUT2D eigenvalue weighted by molar-refractivity contribution is 7.68. The predicted molar refractivity (Wildman–Crippen MR) is 66.8 cm³/mol. The summed E-state index contributed by atoms with van der Waals surface area (Å²) in [5.41, 5.74) is -0.796. The second-order valence-electron chi connectivity index (χ2n) is 3.55. The summed E-state index contributed by atoms with van der Waals surface area (Å²) >= 11 is 0. The highest BCUT2D eigenvalue weighted by Crippen LogP contribution is 2.50. The molecule has 0 heterocycles. The summed E-state index contributed by atoms with van der Waals surface area (Å²) in [6.45, 7) is 3.60. The van der Waals surface area contributed by atoms with Crippen LogP contribution in [0.25, 0.3) is 0 Å². The Morgan fingerprint density at radius 3 is 2.41 bits per heavy atom. The monoisotopic (exact) mass is 256 g/mol. The number of carbonyl (C=O) groups is 1. The van der Waals surface area contributed by atoms with E-state index >= 15 is 0 Å². The molecule has 0 aliphatic heterocycles. The van der Waals surface area contributed by atoms with Crippen LogP contribution in [0.3, 0.4) is 0 Å². The maximum atomic E-state index is 12.8. The largest absolute Gasteiger partial charge is 0.468 e. The van der Waals surface area contributed by atoms with Gasteiger partial charge in [0.1, 0.15) is 5.66 Å². The molecule has 5 heteroatoms. The number of hydrogen-bond donors (Lipinski definition) is 0. The SMILES string of the molecule is CCOP(=O)(c1ccccc1)C(C)C(=O)OC. The van der Waals surface area contributed by atoms with Crippen molar-refractivity contribution in [3.05, 3.63) is 30.3 Å². The van der Waals surface area contributed by atoms with Gasteiger partial charge >= 0.3 is 5.97 Å². The Balaban J connectivity index is 3.14. The second kappa shape index (κ2) is 5.99. The summed E-state index contributed by atoms with van der Waals surface area (Å²) in [6, 6.07) is 8.77. The van der Waals surface area contributed by atoms with Crippen molar-refractivity contribution in [3.8, 4) is 0 Å². The minimum Gasteiger partial charge on any atom is -0.468 e. The second-order valence-corrected chi connectivity index (χ2v) is 6.29. The average Bonchev–Trinajstić information content (AvgIpc) is 2.38.